The summed E-state index contributed by atoms with van der Waals surface area (Å²) in [6.45, 7) is 1.81. The highest BCUT2D eigenvalue weighted by Crippen LogP contribution is 2.26. The number of nitrogens with zero attached hydrogens (tertiary/aromatic N) is 1. The van der Waals surface area contributed by atoms with Crippen molar-refractivity contribution < 1.29 is 37.0 Å². The SMILES string of the molecule is C[C@H](OC(=O)[C@@H](c1ccccc1F)N(C)C)c1ccccc1.O=C(O)C(F)(F)F. The van der Waals surface area contributed by atoms with E-state index < -0.39 is 30.0 Å². The minimum atomic E-state index is -5.08. The Bertz CT molecular complexity index is 810. The maximum absolute atomic E-state index is 14.0. The number of carbonyl (C=O) groups is 2. The summed E-state index contributed by atoms with van der Waals surface area (Å²) in [6.07, 6.45) is -5.47. The molecule has 0 heterocycles. The lowest BCUT2D eigenvalue weighted by atomic mass is 10.1. The maximum atomic E-state index is 14.0. The largest absolute Gasteiger partial charge is 0.490 e. The lowest BCUT2D eigenvalue weighted by Crippen LogP contribution is -2.30. The minimum Gasteiger partial charge on any atom is -0.475 e. The van der Waals surface area contributed by atoms with Crippen molar-refractivity contribution in [3.05, 3.63) is 71.5 Å². The second-order valence-corrected chi connectivity index (χ2v) is 6.18. The van der Waals surface area contributed by atoms with Crippen LogP contribution in [-0.2, 0) is 14.3 Å². The molecule has 0 unspecified atom stereocenters. The number of aliphatic carboxylic acids is 1. The maximum Gasteiger partial charge on any atom is 0.490 e. The monoisotopic (exact) mass is 415 g/mol. The van der Waals surface area contributed by atoms with E-state index in [0.717, 1.165) is 5.56 Å². The van der Waals surface area contributed by atoms with Crippen LogP contribution in [-0.4, -0.2) is 42.2 Å². The highest BCUT2D eigenvalue weighted by Gasteiger charge is 2.38. The quantitative estimate of drug-likeness (QED) is 0.580. The molecule has 2 aromatic rings. The van der Waals surface area contributed by atoms with Crippen LogP contribution < -0.4 is 0 Å². The van der Waals surface area contributed by atoms with E-state index in [4.69, 9.17) is 14.6 Å². The zero-order valence-electron chi connectivity index (χ0n) is 16.0. The van der Waals surface area contributed by atoms with Gasteiger partial charge in [-0.05, 0) is 32.6 Å². The molecule has 0 saturated carbocycles. The number of carboxylic acid groups (broad SMARTS) is 1. The number of likely N-dealkylation sites (N-methyl/N-ethyl adjacent to an activating group) is 1. The number of halogens is 4. The molecule has 0 bridgehead atoms. The number of carboxylic acids is 1. The third kappa shape index (κ3) is 7.53. The normalized spacial score (nSPS) is 13.1. The minimum absolute atomic E-state index is 0.317. The molecule has 0 saturated heterocycles. The molecular weight excluding hydrogens is 394 g/mol. The van der Waals surface area contributed by atoms with Gasteiger partial charge < -0.3 is 9.84 Å². The van der Waals surface area contributed by atoms with E-state index >= 15 is 0 Å². The Balaban J connectivity index is 0.000000516. The van der Waals surface area contributed by atoms with Gasteiger partial charge in [-0.2, -0.15) is 13.2 Å². The average molecular weight is 415 g/mol. The molecule has 158 valence electrons. The van der Waals surface area contributed by atoms with Crippen LogP contribution in [0.4, 0.5) is 17.6 Å². The molecule has 29 heavy (non-hydrogen) atoms. The fourth-order valence-electron chi connectivity index (χ4n) is 2.34. The van der Waals surface area contributed by atoms with Crippen molar-refractivity contribution in [2.45, 2.75) is 25.2 Å². The zero-order chi connectivity index (χ0) is 22.2. The van der Waals surface area contributed by atoms with Crippen LogP contribution in [0.1, 0.15) is 30.2 Å². The van der Waals surface area contributed by atoms with E-state index in [-0.39, 0.29) is 6.10 Å². The molecule has 2 atom stereocenters. The molecule has 2 aromatic carbocycles. The standard InChI is InChI=1S/C18H20FNO2.C2HF3O2/c1-13(14-9-5-4-6-10-14)22-18(21)17(20(2)3)15-11-7-8-12-16(15)19;3-2(4,5)1(6)7/h4-13,17H,1-3H3;(H,6,7)/t13-,17+;/m0./s1. The second kappa shape index (κ2) is 10.6. The molecule has 1 N–H and O–H groups in total. The van der Waals surface area contributed by atoms with E-state index in [1.165, 1.54) is 6.07 Å². The van der Waals surface area contributed by atoms with E-state index in [0.29, 0.717) is 5.56 Å². The van der Waals surface area contributed by atoms with Gasteiger partial charge in [-0.15, -0.1) is 0 Å². The number of alkyl halides is 3. The first-order chi connectivity index (χ1) is 13.4. The first-order valence-electron chi connectivity index (χ1n) is 8.41. The lowest BCUT2D eigenvalue weighted by molar-refractivity contribution is -0.192. The lowest BCUT2D eigenvalue weighted by Gasteiger charge is -2.25. The molecule has 9 heteroatoms. The van der Waals surface area contributed by atoms with Crippen LogP contribution >= 0.6 is 0 Å². The number of carbonyl (C=O) groups excluding carboxylic acids is 1. The predicted octanol–water partition coefficient (Wildman–Crippen LogP) is 4.37. The zero-order valence-corrected chi connectivity index (χ0v) is 16.0. The van der Waals surface area contributed by atoms with Crippen molar-refractivity contribution in [1.82, 2.24) is 4.90 Å². The molecule has 0 aliphatic carbocycles. The molecule has 0 spiro atoms. The Morgan fingerprint density at radius 1 is 1.00 bits per heavy atom. The molecule has 0 aliphatic rings. The number of hydrogen-bond donors (Lipinski definition) is 1. The predicted molar refractivity (Wildman–Crippen MR) is 97.5 cm³/mol. The highest BCUT2D eigenvalue weighted by molar-refractivity contribution is 5.78. The Hall–Kier alpha value is -2.94. The van der Waals surface area contributed by atoms with Crippen LogP contribution in [0.5, 0.6) is 0 Å². The van der Waals surface area contributed by atoms with Crippen molar-refractivity contribution >= 4 is 11.9 Å². The van der Waals surface area contributed by atoms with E-state index in [1.54, 1.807) is 44.1 Å². The van der Waals surface area contributed by atoms with Gasteiger partial charge in [0.25, 0.3) is 0 Å². The van der Waals surface area contributed by atoms with Gasteiger partial charge in [0.1, 0.15) is 18.0 Å². The Kier molecular flexibility index (Phi) is 8.78. The molecule has 2 rings (SSSR count). The number of rotatable bonds is 5. The molecule has 0 aromatic heterocycles. The first kappa shape index (κ1) is 24.1. The number of benzene rings is 2. The van der Waals surface area contributed by atoms with Gasteiger partial charge in [0, 0.05) is 5.56 Å². The van der Waals surface area contributed by atoms with Gasteiger partial charge in [0.15, 0.2) is 0 Å². The summed E-state index contributed by atoms with van der Waals surface area (Å²) in [5.41, 5.74) is 1.22. The summed E-state index contributed by atoms with van der Waals surface area (Å²) < 4.78 is 51.2. The average Bonchev–Trinajstić information content (AvgIpc) is 2.63. The van der Waals surface area contributed by atoms with Crippen molar-refractivity contribution in [3.8, 4) is 0 Å². The van der Waals surface area contributed by atoms with Crippen molar-refractivity contribution in [2.75, 3.05) is 14.1 Å². The van der Waals surface area contributed by atoms with Crippen molar-refractivity contribution in [3.63, 3.8) is 0 Å². The number of hydrogen-bond acceptors (Lipinski definition) is 4. The second-order valence-electron chi connectivity index (χ2n) is 6.18. The Morgan fingerprint density at radius 3 is 1.93 bits per heavy atom. The summed E-state index contributed by atoms with van der Waals surface area (Å²) in [5.74, 6) is -3.63. The molecule has 0 fully saturated rings. The van der Waals surface area contributed by atoms with Gasteiger partial charge >= 0.3 is 18.1 Å². The molecule has 0 radical (unpaired) electrons. The molecule has 5 nitrogen and oxygen atoms in total. The third-order valence-electron chi connectivity index (χ3n) is 3.74. The summed E-state index contributed by atoms with van der Waals surface area (Å²) in [4.78, 5) is 23.0. The smallest absolute Gasteiger partial charge is 0.475 e. The van der Waals surface area contributed by atoms with E-state index in [9.17, 15) is 22.4 Å². The van der Waals surface area contributed by atoms with Crippen LogP contribution in [0.2, 0.25) is 0 Å². The Labute approximate surface area is 165 Å². The highest BCUT2D eigenvalue weighted by atomic mass is 19.4. The van der Waals surface area contributed by atoms with Gasteiger partial charge in [-0.1, -0.05) is 48.5 Å². The van der Waals surface area contributed by atoms with E-state index in [2.05, 4.69) is 0 Å². The van der Waals surface area contributed by atoms with Crippen LogP contribution in [0.3, 0.4) is 0 Å². The summed E-state index contributed by atoms with van der Waals surface area (Å²) >= 11 is 0. The van der Waals surface area contributed by atoms with Gasteiger partial charge in [0.05, 0.1) is 0 Å². The number of esters is 1. The van der Waals surface area contributed by atoms with Gasteiger partial charge in [-0.25, -0.2) is 14.0 Å². The first-order valence-corrected chi connectivity index (χ1v) is 8.41. The van der Waals surface area contributed by atoms with Crippen molar-refractivity contribution in [2.24, 2.45) is 0 Å². The van der Waals surface area contributed by atoms with Crippen LogP contribution in [0, 0.1) is 5.82 Å². The molecule has 0 amide bonds. The van der Waals surface area contributed by atoms with Gasteiger partial charge in [0.2, 0.25) is 0 Å². The molecule has 0 aliphatic heterocycles. The number of ether oxygens (including phenoxy) is 1. The topological polar surface area (TPSA) is 66.8 Å². The van der Waals surface area contributed by atoms with E-state index in [1.807, 2.05) is 30.3 Å². The molecular formula is C20H21F4NO4. The van der Waals surface area contributed by atoms with Gasteiger partial charge in [-0.3, -0.25) is 4.90 Å². The summed E-state index contributed by atoms with van der Waals surface area (Å²) in [6, 6.07) is 15.0. The van der Waals surface area contributed by atoms with Crippen LogP contribution in [0.25, 0.3) is 0 Å². The summed E-state index contributed by atoms with van der Waals surface area (Å²) in [7, 11) is 3.46. The fraction of sp³-hybridized carbons (Fsp3) is 0.300. The van der Waals surface area contributed by atoms with Crippen LogP contribution in [0.15, 0.2) is 54.6 Å². The van der Waals surface area contributed by atoms with Crippen molar-refractivity contribution in [1.29, 1.82) is 0 Å². The summed E-state index contributed by atoms with van der Waals surface area (Å²) in [5, 5.41) is 7.12. The third-order valence-corrected chi connectivity index (χ3v) is 3.74. The fourth-order valence-corrected chi connectivity index (χ4v) is 2.34. The Morgan fingerprint density at radius 2 is 1.48 bits per heavy atom.